The quantitative estimate of drug-likeness (QED) is 0.780. The van der Waals surface area contributed by atoms with Crippen LogP contribution in [-0.2, 0) is 9.63 Å². The zero-order valence-corrected chi connectivity index (χ0v) is 11.6. The largest absolute Gasteiger partial charge is 0.493 e. The van der Waals surface area contributed by atoms with Crippen molar-refractivity contribution < 1.29 is 14.4 Å². The fourth-order valence-corrected chi connectivity index (χ4v) is 2.95. The van der Waals surface area contributed by atoms with Gasteiger partial charge in [0, 0.05) is 12.0 Å². The summed E-state index contributed by atoms with van der Waals surface area (Å²) in [5.74, 6) is 1.05. The van der Waals surface area contributed by atoms with Crippen molar-refractivity contribution in [1.82, 2.24) is 5.06 Å². The number of hydroxylamine groups is 2. The van der Waals surface area contributed by atoms with Gasteiger partial charge in [-0.3, -0.25) is 9.63 Å². The van der Waals surface area contributed by atoms with Crippen LogP contribution < -0.4 is 4.74 Å². The fourth-order valence-electron chi connectivity index (χ4n) is 2.95. The standard InChI is InChI=1S/C15H19NO3/c1-4-13(17)16-14-10-7-5-6-8-12(10)18-9-11(14)15(2,3)19-16/h5-8,11,14H,4,9H2,1-3H3/t11-,14+/m1/s1. The lowest BCUT2D eigenvalue weighted by atomic mass is 9.81. The minimum Gasteiger partial charge on any atom is -0.493 e. The smallest absolute Gasteiger partial charge is 0.246 e. The van der Waals surface area contributed by atoms with Crippen molar-refractivity contribution >= 4 is 5.91 Å². The van der Waals surface area contributed by atoms with Gasteiger partial charge in [-0.15, -0.1) is 0 Å². The van der Waals surface area contributed by atoms with E-state index in [0.29, 0.717) is 13.0 Å². The van der Waals surface area contributed by atoms with E-state index in [4.69, 9.17) is 9.57 Å². The Balaban J connectivity index is 2.06. The Kier molecular flexibility index (Phi) is 2.78. The topological polar surface area (TPSA) is 38.8 Å². The number of nitrogens with zero attached hydrogens (tertiary/aromatic N) is 1. The molecule has 0 N–H and O–H groups in total. The first-order valence-electron chi connectivity index (χ1n) is 6.77. The van der Waals surface area contributed by atoms with Gasteiger partial charge in [-0.1, -0.05) is 25.1 Å². The van der Waals surface area contributed by atoms with E-state index in [1.165, 1.54) is 0 Å². The molecule has 0 bridgehead atoms. The molecular weight excluding hydrogens is 242 g/mol. The normalized spacial score (nSPS) is 27.4. The number of ether oxygens (including phenoxy) is 1. The van der Waals surface area contributed by atoms with Crippen LogP contribution in [-0.4, -0.2) is 23.2 Å². The van der Waals surface area contributed by atoms with Crippen LogP contribution in [0.15, 0.2) is 24.3 Å². The number of hydrogen-bond acceptors (Lipinski definition) is 3. The SMILES string of the molecule is CCC(=O)N1OC(C)(C)[C@@H]2COc3ccccc3[C@@H]21. The van der Waals surface area contributed by atoms with Crippen molar-refractivity contribution in [3.05, 3.63) is 29.8 Å². The van der Waals surface area contributed by atoms with E-state index in [1.807, 2.05) is 45.0 Å². The monoisotopic (exact) mass is 261 g/mol. The van der Waals surface area contributed by atoms with Crippen LogP contribution in [0.25, 0.3) is 0 Å². The Morgan fingerprint density at radius 2 is 2.16 bits per heavy atom. The summed E-state index contributed by atoms with van der Waals surface area (Å²) in [6.07, 6.45) is 0.447. The minimum atomic E-state index is -0.386. The van der Waals surface area contributed by atoms with Crippen LogP contribution in [0.2, 0.25) is 0 Å². The highest BCUT2D eigenvalue weighted by atomic mass is 16.7. The molecule has 0 radical (unpaired) electrons. The number of hydrogen-bond donors (Lipinski definition) is 0. The van der Waals surface area contributed by atoms with Crippen molar-refractivity contribution in [2.24, 2.45) is 5.92 Å². The maximum absolute atomic E-state index is 12.1. The summed E-state index contributed by atoms with van der Waals surface area (Å²) in [4.78, 5) is 18.0. The van der Waals surface area contributed by atoms with Crippen LogP contribution in [0.4, 0.5) is 0 Å². The van der Waals surface area contributed by atoms with Crippen LogP contribution >= 0.6 is 0 Å². The molecule has 102 valence electrons. The lowest BCUT2D eigenvalue weighted by molar-refractivity contribution is -0.204. The second-order valence-corrected chi connectivity index (χ2v) is 5.67. The lowest BCUT2D eigenvalue weighted by Gasteiger charge is -2.32. The van der Waals surface area contributed by atoms with Crippen molar-refractivity contribution in [1.29, 1.82) is 0 Å². The van der Waals surface area contributed by atoms with Crippen LogP contribution in [0.3, 0.4) is 0 Å². The van der Waals surface area contributed by atoms with Gasteiger partial charge in [0.25, 0.3) is 0 Å². The molecule has 1 aromatic carbocycles. The predicted octanol–water partition coefficient (Wildman–Crippen LogP) is 2.70. The van der Waals surface area contributed by atoms with E-state index in [2.05, 4.69) is 0 Å². The van der Waals surface area contributed by atoms with Gasteiger partial charge in [0.15, 0.2) is 0 Å². The molecule has 1 aromatic rings. The fraction of sp³-hybridized carbons (Fsp3) is 0.533. The Labute approximate surface area is 113 Å². The molecule has 0 aromatic heterocycles. The molecule has 2 heterocycles. The van der Waals surface area contributed by atoms with E-state index >= 15 is 0 Å². The number of rotatable bonds is 1. The second kappa shape index (κ2) is 4.23. The Morgan fingerprint density at radius 3 is 2.89 bits per heavy atom. The molecule has 0 aliphatic carbocycles. The summed E-state index contributed by atoms with van der Waals surface area (Å²) < 4.78 is 5.82. The molecule has 1 saturated heterocycles. The Bertz CT molecular complexity index is 512. The number of fused-ring (bicyclic) bond motifs is 3. The molecule has 2 aliphatic rings. The summed E-state index contributed by atoms with van der Waals surface area (Å²) >= 11 is 0. The van der Waals surface area contributed by atoms with Gasteiger partial charge in [0.2, 0.25) is 5.91 Å². The highest BCUT2D eigenvalue weighted by molar-refractivity contribution is 5.76. The van der Waals surface area contributed by atoms with Gasteiger partial charge < -0.3 is 4.74 Å². The number of carbonyl (C=O) groups is 1. The van der Waals surface area contributed by atoms with Crippen molar-refractivity contribution in [2.45, 2.75) is 38.8 Å². The third kappa shape index (κ3) is 1.82. The summed E-state index contributed by atoms with van der Waals surface area (Å²) in [5, 5.41) is 1.56. The molecule has 19 heavy (non-hydrogen) atoms. The average molecular weight is 261 g/mol. The third-order valence-electron chi connectivity index (χ3n) is 4.06. The Morgan fingerprint density at radius 1 is 1.42 bits per heavy atom. The van der Waals surface area contributed by atoms with Gasteiger partial charge in [-0.2, -0.15) is 0 Å². The summed E-state index contributed by atoms with van der Waals surface area (Å²) in [6, 6.07) is 7.86. The van der Waals surface area contributed by atoms with Gasteiger partial charge in [-0.25, -0.2) is 5.06 Å². The number of para-hydroxylation sites is 1. The van der Waals surface area contributed by atoms with E-state index in [9.17, 15) is 4.79 Å². The molecule has 0 saturated carbocycles. The predicted molar refractivity (Wildman–Crippen MR) is 70.5 cm³/mol. The van der Waals surface area contributed by atoms with Crippen LogP contribution in [0, 0.1) is 5.92 Å². The van der Waals surface area contributed by atoms with Gasteiger partial charge in [0.1, 0.15) is 5.75 Å². The van der Waals surface area contributed by atoms with Crippen LogP contribution in [0.1, 0.15) is 38.8 Å². The highest BCUT2D eigenvalue weighted by Crippen LogP contribution is 2.50. The van der Waals surface area contributed by atoms with Crippen molar-refractivity contribution in [2.75, 3.05) is 6.61 Å². The molecule has 4 nitrogen and oxygen atoms in total. The first kappa shape index (κ1) is 12.5. The highest BCUT2D eigenvalue weighted by Gasteiger charge is 2.53. The first-order valence-corrected chi connectivity index (χ1v) is 6.77. The third-order valence-corrected chi connectivity index (χ3v) is 4.06. The van der Waals surface area contributed by atoms with Crippen molar-refractivity contribution in [3.8, 4) is 5.75 Å². The Hall–Kier alpha value is -1.55. The van der Waals surface area contributed by atoms with E-state index in [0.717, 1.165) is 11.3 Å². The zero-order chi connectivity index (χ0) is 13.6. The molecular formula is C15H19NO3. The molecule has 4 heteroatoms. The summed E-state index contributed by atoms with van der Waals surface area (Å²) in [7, 11) is 0. The average Bonchev–Trinajstić information content (AvgIpc) is 2.70. The van der Waals surface area contributed by atoms with E-state index in [1.54, 1.807) is 5.06 Å². The zero-order valence-electron chi connectivity index (χ0n) is 11.6. The number of amides is 1. The van der Waals surface area contributed by atoms with Gasteiger partial charge in [0.05, 0.1) is 24.2 Å². The van der Waals surface area contributed by atoms with Gasteiger partial charge in [-0.05, 0) is 19.9 Å². The molecule has 0 unspecified atom stereocenters. The molecule has 2 atom stereocenters. The second-order valence-electron chi connectivity index (χ2n) is 5.67. The summed E-state index contributed by atoms with van der Waals surface area (Å²) in [6.45, 7) is 6.48. The molecule has 1 fully saturated rings. The van der Waals surface area contributed by atoms with Gasteiger partial charge >= 0.3 is 0 Å². The number of carbonyl (C=O) groups excluding carboxylic acids is 1. The number of benzene rings is 1. The van der Waals surface area contributed by atoms with Crippen LogP contribution in [0.5, 0.6) is 5.75 Å². The molecule has 2 aliphatic heterocycles. The lowest BCUT2D eigenvalue weighted by Crippen LogP contribution is -2.37. The van der Waals surface area contributed by atoms with E-state index < -0.39 is 0 Å². The van der Waals surface area contributed by atoms with Crippen molar-refractivity contribution in [3.63, 3.8) is 0 Å². The molecule has 1 amide bonds. The summed E-state index contributed by atoms with van der Waals surface area (Å²) in [5.41, 5.74) is 0.661. The maximum Gasteiger partial charge on any atom is 0.246 e. The molecule has 3 rings (SSSR count). The minimum absolute atomic E-state index is 0.0253. The first-order chi connectivity index (χ1) is 9.04. The van der Waals surface area contributed by atoms with E-state index in [-0.39, 0.29) is 23.5 Å². The maximum atomic E-state index is 12.1. The molecule has 0 spiro atoms.